The number of nitrogens with one attached hydrogen (secondary N) is 6. The summed E-state index contributed by atoms with van der Waals surface area (Å²) in [6.45, 7) is 10.8. The van der Waals surface area contributed by atoms with E-state index in [4.69, 9.17) is 29.9 Å². The summed E-state index contributed by atoms with van der Waals surface area (Å²) >= 11 is 0. The summed E-state index contributed by atoms with van der Waals surface area (Å²) in [6.07, 6.45) is 0. The van der Waals surface area contributed by atoms with Crippen LogP contribution in [0.5, 0.6) is 0 Å². The molecule has 0 unspecified atom stereocenters. The molecule has 12 nitrogen and oxygen atoms in total. The van der Waals surface area contributed by atoms with Crippen molar-refractivity contribution in [3.8, 4) is 45.6 Å². The van der Waals surface area contributed by atoms with Gasteiger partial charge < -0.3 is 28.9 Å². The standard InChI is InChI=1S/C67H56N12S/c1-41-23-6-17-35-53(41)76-80(57-39-21-10-27-45(57)5,77-54-36-18-7-24-42(54)2,78-55-37-19-8-25-43(55)3,79-56-38-20-9-26-44(56)4)58-40-22-34-52-59(58)67-74-65-51-33-16-15-32-50(51)63(72-65)70-61-47-29-12-11-28-46(47)60(68-61)69-62-48-30-13-14-31-49(48)64(71-62)73-66(52)75-67/h6-40,76-79H,1-5H3,(H2,68,69,70,71,72,73,74,75). The van der Waals surface area contributed by atoms with E-state index in [1.54, 1.807) is 0 Å². The second-order valence-corrected chi connectivity index (χ2v) is 25.6. The predicted octanol–water partition coefficient (Wildman–Crippen LogP) is 16.8. The number of para-hydroxylation sites is 4. The first-order valence-electron chi connectivity index (χ1n) is 26.8. The molecular formula is C67H56N12S. The van der Waals surface area contributed by atoms with Gasteiger partial charge in [-0.15, -0.1) is 0 Å². The lowest BCUT2D eigenvalue weighted by molar-refractivity contribution is 1.19. The molecule has 80 heavy (non-hydrogen) atoms. The number of hydrogen-bond acceptors (Lipinski definition) is 10. The van der Waals surface area contributed by atoms with Crippen LogP contribution in [-0.2, 0) is 0 Å². The fraction of sp³-hybridized carbons (Fsp3) is 0.0746. The average molecular weight is 1060 g/mol. The van der Waals surface area contributed by atoms with Crippen LogP contribution in [0.4, 0.5) is 22.7 Å². The Hall–Kier alpha value is -10.1. The van der Waals surface area contributed by atoms with Crippen molar-refractivity contribution < 1.29 is 0 Å². The molecular weight excluding hydrogens is 1000 g/mol. The van der Waals surface area contributed by atoms with Gasteiger partial charge in [0, 0.05) is 71.4 Å². The van der Waals surface area contributed by atoms with Crippen molar-refractivity contribution in [3.63, 3.8) is 0 Å². The fourth-order valence-corrected chi connectivity index (χ4v) is 18.7. The summed E-state index contributed by atoms with van der Waals surface area (Å²) in [4.78, 5) is 41.8. The quantitative estimate of drug-likeness (QED) is 0.0779. The average Bonchev–Trinajstić information content (AvgIpc) is 4.02. The van der Waals surface area contributed by atoms with Crippen molar-refractivity contribution in [2.24, 2.45) is 0 Å². The van der Waals surface area contributed by atoms with E-state index in [0.29, 0.717) is 45.9 Å². The molecule has 0 amide bonds. The van der Waals surface area contributed by atoms with Crippen molar-refractivity contribution in [2.75, 3.05) is 18.9 Å². The monoisotopic (exact) mass is 1060 g/mol. The van der Waals surface area contributed by atoms with E-state index >= 15 is 0 Å². The zero-order valence-electron chi connectivity index (χ0n) is 44.8. The number of rotatable bonds is 10. The van der Waals surface area contributed by atoms with Crippen molar-refractivity contribution in [1.82, 2.24) is 39.9 Å². The highest BCUT2D eigenvalue weighted by atomic mass is 32.4. The second kappa shape index (κ2) is 18.0. The van der Waals surface area contributed by atoms with Gasteiger partial charge in [0.15, 0.2) is 23.3 Å². The first kappa shape index (κ1) is 48.3. The number of nitrogens with zero attached hydrogens (tertiary/aromatic N) is 6. The minimum Gasteiger partial charge on any atom is -0.324 e. The van der Waals surface area contributed by atoms with Gasteiger partial charge >= 0.3 is 0 Å². The van der Waals surface area contributed by atoms with E-state index in [0.717, 1.165) is 104 Å². The van der Waals surface area contributed by atoms with Gasteiger partial charge in [-0.25, -0.2) is 29.9 Å². The molecule has 13 heteroatoms. The van der Waals surface area contributed by atoms with Crippen molar-refractivity contribution >= 4 is 75.9 Å². The van der Waals surface area contributed by atoms with Crippen molar-refractivity contribution in [3.05, 3.63) is 240 Å². The minimum atomic E-state index is -5.62. The Morgan fingerprint density at radius 2 is 0.575 bits per heavy atom. The lowest BCUT2D eigenvalue weighted by atomic mass is 10.1. The Balaban J connectivity index is 1.27. The lowest BCUT2D eigenvalue weighted by Crippen LogP contribution is -2.61. The first-order valence-corrected chi connectivity index (χ1v) is 29.2. The molecule has 0 fully saturated rings. The van der Waals surface area contributed by atoms with Crippen LogP contribution in [0.1, 0.15) is 27.8 Å². The van der Waals surface area contributed by atoms with Crippen molar-refractivity contribution in [1.29, 1.82) is 0 Å². The molecule has 9 aromatic carbocycles. The molecule has 390 valence electrons. The van der Waals surface area contributed by atoms with Gasteiger partial charge in [-0.1, -0.05) is 176 Å². The summed E-state index contributed by atoms with van der Waals surface area (Å²) in [6, 6.07) is 73.6. The summed E-state index contributed by atoms with van der Waals surface area (Å²) in [5, 5.41) is 3.36. The summed E-state index contributed by atoms with van der Waals surface area (Å²) in [5.74, 6) is 2.04. The Bertz CT molecular complexity index is 4500. The third-order valence-corrected chi connectivity index (χ3v) is 21.7. The Morgan fingerprint density at radius 3 is 0.975 bits per heavy atom. The molecule has 8 bridgehead atoms. The van der Waals surface area contributed by atoms with Gasteiger partial charge in [0.25, 0.3) is 0 Å². The molecule has 0 spiro atoms. The van der Waals surface area contributed by atoms with E-state index in [2.05, 4.69) is 239 Å². The Labute approximate surface area is 462 Å². The minimum absolute atomic E-state index is 0.483. The highest BCUT2D eigenvalue weighted by Gasteiger charge is 2.65. The number of aromatic nitrogens is 8. The third-order valence-electron chi connectivity index (χ3n) is 15.8. The SMILES string of the molecule is Cc1ccccc1NS(Nc1ccccc1C)(Nc1ccccc1C)(Nc1ccccc1C)(c1ccccc1C)c1cccc2c3nc4nc(nc5[nH]c(nc6nc(nc([nH]3)c12)-c1ccccc1-6)c1ccccc51)-c1ccccc1-4. The summed E-state index contributed by atoms with van der Waals surface area (Å²) < 4.78 is 18.3. The van der Waals surface area contributed by atoms with Crippen LogP contribution in [0.2, 0.25) is 0 Å². The number of fused-ring (bicyclic) bond motifs is 20. The number of H-pyrrole nitrogens is 2. The normalized spacial score (nSPS) is 12.8. The Kier molecular flexibility index (Phi) is 10.8. The van der Waals surface area contributed by atoms with Crippen LogP contribution in [0.3, 0.4) is 0 Å². The molecule has 3 aromatic heterocycles. The molecule has 6 N–H and O–H groups in total. The maximum Gasteiger partial charge on any atom is 0.164 e. The molecule has 12 aromatic rings. The van der Waals surface area contributed by atoms with Gasteiger partial charge in [0.2, 0.25) is 0 Å². The van der Waals surface area contributed by atoms with E-state index in [1.165, 1.54) is 0 Å². The summed E-state index contributed by atoms with van der Waals surface area (Å²) in [5.41, 5.74) is 14.3. The number of aromatic amines is 2. The molecule has 0 saturated heterocycles. The maximum atomic E-state index is 5.77. The second-order valence-electron chi connectivity index (χ2n) is 20.9. The van der Waals surface area contributed by atoms with Crippen LogP contribution in [0.15, 0.2) is 222 Å². The molecule has 2 aliphatic rings. The van der Waals surface area contributed by atoms with Crippen LogP contribution >= 0.6 is 9.04 Å². The number of benzene rings is 9. The van der Waals surface area contributed by atoms with Gasteiger partial charge in [-0.3, -0.25) is 0 Å². The van der Waals surface area contributed by atoms with Crippen LogP contribution in [0, 0.1) is 34.6 Å². The van der Waals surface area contributed by atoms with Crippen LogP contribution in [0.25, 0.3) is 89.7 Å². The maximum absolute atomic E-state index is 5.77. The summed E-state index contributed by atoms with van der Waals surface area (Å²) in [7, 11) is -5.62. The highest BCUT2D eigenvalue weighted by Crippen LogP contribution is 2.95. The molecule has 2 aliphatic heterocycles. The zero-order chi connectivity index (χ0) is 54.2. The van der Waals surface area contributed by atoms with E-state index in [1.807, 2.05) is 36.4 Å². The largest absolute Gasteiger partial charge is 0.324 e. The van der Waals surface area contributed by atoms with Gasteiger partial charge in [0.05, 0.1) is 4.90 Å². The van der Waals surface area contributed by atoms with Crippen molar-refractivity contribution in [2.45, 2.75) is 44.4 Å². The van der Waals surface area contributed by atoms with Gasteiger partial charge in [-0.05, 0) is 108 Å². The third kappa shape index (κ3) is 7.31. The highest BCUT2D eigenvalue weighted by molar-refractivity contribution is 8.68. The van der Waals surface area contributed by atoms with E-state index < -0.39 is 9.04 Å². The Morgan fingerprint density at radius 1 is 0.275 bits per heavy atom. The molecule has 14 rings (SSSR count). The van der Waals surface area contributed by atoms with Gasteiger partial charge in [-0.2, -0.15) is 0 Å². The number of hydrogen-bond donors (Lipinski definition) is 6. The van der Waals surface area contributed by atoms with Crippen LogP contribution < -0.4 is 18.9 Å². The molecule has 0 radical (unpaired) electrons. The fourth-order valence-electron chi connectivity index (χ4n) is 11.8. The van der Waals surface area contributed by atoms with Crippen LogP contribution in [-0.4, -0.2) is 39.9 Å². The lowest BCUT2D eigenvalue weighted by Gasteiger charge is -2.82. The molecule has 0 saturated carbocycles. The zero-order valence-corrected chi connectivity index (χ0v) is 45.6. The molecule has 5 heterocycles. The van der Waals surface area contributed by atoms with Gasteiger partial charge in [0.1, 0.15) is 22.6 Å². The molecule has 0 aliphatic carbocycles. The molecule has 0 atom stereocenters. The van der Waals surface area contributed by atoms with E-state index in [-0.39, 0.29) is 0 Å². The number of aryl methyl sites for hydroxylation is 5. The predicted molar refractivity (Wildman–Crippen MR) is 331 cm³/mol. The smallest absolute Gasteiger partial charge is 0.164 e. The number of anilines is 4. The van der Waals surface area contributed by atoms with E-state index in [9.17, 15) is 0 Å². The first-order chi connectivity index (χ1) is 39.0. The topological polar surface area (TPSA) is 157 Å².